The van der Waals surface area contributed by atoms with Gasteiger partial charge in [-0.15, -0.1) is 27.8 Å². The van der Waals surface area contributed by atoms with E-state index >= 15 is 0 Å². The number of thiazole rings is 1. The molecule has 9 heteroatoms. The number of halogens is 1. The van der Waals surface area contributed by atoms with Crippen molar-refractivity contribution in [2.75, 3.05) is 0 Å². The summed E-state index contributed by atoms with van der Waals surface area (Å²) in [7, 11) is 0. The lowest BCUT2D eigenvalue weighted by Crippen LogP contribution is -1.95. The summed E-state index contributed by atoms with van der Waals surface area (Å²) in [6.45, 7) is 0. The zero-order valence-electron chi connectivity index (χ0n) is 11.5. The van der Waals surface area contributed by atoms with E-state index in [1.165, 1.54) is 11.8 Å². The predicted molar refractivity (Wildman–Crippen MR) is 96.4 cm³/mol. The average Bonchev–Trinajstić information content (AvgIpc) is 3.29. The molecule has 0 fully saturated rings. The molecule has 114 valence electrons. The second-order valence-corrected chi connectivity index (χ2v) is 8.93. The van der Waals surface area contributed by atoms with E-state index in [0.717, 1.165) is 24.4 Å². The molecule has 0 spiro atoms. The van der Waals surface area contributed by atoms with E-state index in [1.807, 2.05) is 35.7 Å². The van der Waals surface area contributed by atoms with E-state index in [0.29, 0.717) is 5.16 Å². The van der Waals surface area contributed by atoms with Crippen molar-refractivity contribution in [3.05, 3.63) is 51.6 Å². The van der Waals surface area contributed by atoms with Crippen molar-refractivity contribution in [1.29, 1.82) is 0 Å². The Balaban J connectivity index is 1.60. The van der Waals surface area contributed by atoms with Gasteiger partial charge in [-0.3, -0.25) is 0 Å². The van der Waals surface area contributed by atoms with Crippen LogP contribution in [0.1, 0.15) is 0 Å². The molecule has 1 aromatic carbocycles. The second-order valence-electron chi connectivity index (χ2n) is 4.42. The number of tetrazole rings is 1. The molecule has 0 saturated carbocycles. The largest absolute Gasteiger partial charge is 0.229 e. The van der Waals surface area contributed by atoms with Crippen LogP contribution in [-0.2, 0) is 0 Å². The maximum Gasteiger partial charge on any atom is 0.221 e. The Labute approximate surface area is 152 Å². The summed E-state index contributed by atoms with van der Waals surface area (Å²) in [6, 6.07) is 14.1. The van der Waals surface area contributed by atoms with Gasteiger partial charge in [0.25, 0.3) is 0 Å². The van der Waals surface area contributed by atoms with Crippen LogP contribution in [-0.4, -0.2) is 25.2 Å². The number of hydrogen-bond acceptors (Lipinski definition) is 7. The van der Waals surface area contributed by atoms with Crippen LogP contribution in [0.15, 0.2) is 61.1 Å². The van der Waals surface area contributed by atoms with Gasteiger partial charge in [-0.05, 0) is 50.3 Å². The highest BCUT2D eigenvalue weighted by molar-refractivity contribution is 9.11. The average molecular weight is 422 g/mol. The zero-order chi connectivity index (χ0) is 15.6. The van der Waals surface area contributed by atoms with Crippen LogP contribution >= 0.6 is 50.4 Å². The second kappa shape index (κ2) is 6.52. The number of thiophene rings is 1. The fourth-order valence-corrected chi connectivity index (χ4v) is 5.00. The molecular formula is C14H8BrN5S3. The quantitative estimate of drug-likeness (QED) is 0.475. The van der Waals surface area contributed by atoms with Crippen molar-refractivity contribution < 1.29 is 0 Å². The fraction of sp³-hybridized carbons (Fsp3) is 0. The van der Waals surface area contributed by atoms with Crippen molar-refractivity contribution in [2.45, 2.75) is 9.50 Å². The van der Waals surface area contributed by atoms with E-state index in [1.54, 1.807) is 27.4 Å². The Kier molecular flexibility index (Phi) is 4.25. The van der Waals surface area contributed by atoms with E-state index in [9.17, 15) is 0 Å². The summed E-state index contributed by atoms with van der Waals surface area (Å²) in [4.78, 5) is 4.66. The lowest BCUT2D eigenvalue weighted by molar-refractivity contribution is 0.768. The van der Waals surface area contributed by atoms with E-state index in [2.05, 4.69) is 48.6 Å². The van der Waals surface area contributed by atoms with Crippen molar-refractivity contribution >= 4 is 50.4 Å². The van der Waals surface area contributed by atoms with Gasteiger partial charge in [-0.1, -0.05) is 30.3 Å². The summed E-state index contributed by atoms with van der Waals surface area (Å²) in [5, 5.41) is 15.7. The van der Waals surface area contributed by atoms with Gasteiger partial charge in [0.15, 0.2) is 4.34 Å². The molecule has 4 aromatic rings. The van der Waals surface area contributed by atoms with Crippen molar-refractivity contribution in [2.24, 2.45) is 0 Å². The molecule has 0 atom stereocenters. The highest BCUT2D eigenvalue weighted by atomic mass is 79.9. The van der Waals surface area contributed by atoms with Gasteiger partial charge in [-0.25, -0.2) is 4.98 Å². The third-order valence-corrected chi connectivity index (χ3v) is 6.41. The van der Waals surface area contributed by atoms with Gasteiger partial charge >= 0.3 is 0 Å². The third kappa shape index (κ3) is 3.23. The van der Waals surface area contributed by atoms with Crippen LogP contribution in [0, 0.1) is 0 Å². The molecule has 0 radical (unpaired) electrons. The highest BCUT2D eigenvalue weighted by Gasteiger charge is 2.14. The first-order chi connectivity index (χ1) is 11.3. The molecule has 0 aliphatic carbocycles. The first-order valence-corrected chi connectivity index (χ1v) is 9.83. The Morgan fingerprint density at radius 1 is 1.09 bits per heavy atom. The van der Waals surface area contributed by atoms with Gasteiger partial charge in [0.05, 0.1) is 9.48 Å². The monoisotopic (exact) mass is 421 g/mol. The van der Waals surface area contributed by atoms with Gasteiger partial charge in [0, 0.05) is 10.9 Å². The number of hydrogen-bond donors (Lipinski definition) is 0. The number of aromatic nitrogens is 5. The highest BCUT2D eigenvalue weighted by Crippen LogP contribution is 2.34. The van der Waals surface area contributed by atoms with Crippen LogP contribution in [0.25, 0.3) is 16.3 Å². The standard InChI is InChI=1S/C14H8BrN5S3/c15-11-6-7-12(22-11)20-13(17-18-19-20)23-14-16-10(8-21-14)9-4-2-1-3-5-9/h1-8H. The van der Waals surface area contributed by atoms with E-state index < -0.39 is 0 Å². The van der Waals surface area contributed by atoms with Crippen LogP contribution in [0.4, 0.5) is 0 Å². The van der Waals surface area contributed by atoms with Crippen LogP contribution in [0.5, 0.6) is 0 Å². The lowest BCUT2D eigenvalue weighted by Gasteiger charge is -1.98. The predicted octanol–water partition coefficient (Wildman–Crippen LogP) is 4.76. The summed E-state index contributed by atoms with van der Waals surface area (Å²) >= 11 is 8.09. The number of rotatable bonds is 4. The SMILES string of the molecule is Brc1ccc(-n2nnnc2Sc2nc(-c3ccccc3)cs2)s1. The molecule has 3 aromatic heterocycles. The van der Waals surface area contributed by atoms with Crippen LogP contribution in [0.3, 0.4) is 0 Å². The number of benzene rings is 1. The molecule has 23 heavy (non-hydrogen) atoms. The van der Waals surface area contributed by atoms with Crippen LogP contribution < -0.4 is 0 Å². The van der Waals surface area contributed by atoms with E-state index in [4.69, 9.17) is 0 Å². The first kappa shape index (κ1) is 15.0. The van der Waals surface area contributed by atoms with Crippen molar-refractivity contribution in [3.8, 4) is 16.3 Å². The molecule has 0 aliphatic heterocycles. The van der Waals surface area contributed by atoms with Crippen molar-refractivity contribution in [1.82, 2.24) is 25.2 Å². The minimum atomic E-state index is 0.702. The molecule has 4 rings (SSSR count). The normalized spacial score (nSPS) is 11.0. The minimum Gasteiger partial charge on any atom is -0.229 e. The first-order valence-electron chi connectivity index (χ1n) is 6.52. The van der Waals surface area contributed by atoms with Gasteiger partial charge in [0.2, 0.25) is 5.16 Å². The molecule has 0 N–H and O–H groups in total. The Bertz CT molecular complexity index is 931. The van der Waals surface area contributed by atoms with Gasteiger partial charge in [-0.2, -0.15) is 4.68 Å². The maximum atomic E-state index is 4.66. The van der Waals surface area contributed by atoms with E-state index in [-0.39, 0.29) is 0 Å². The summed E-state index contributed by atoms with van der Waals surface area (Å²) < 4.78 is 3.68. The lowest BCUT2D eigenvalue weighted by atomic mass is 10.2. The summed E-state index contributed by atoms with van der Waals surface area (Å²) in [6.07, 6.45) is 0. The smallest absolute Gasteiger partial charge is 0.221 e. The molecule has 0 amide bonds. The molecule has 0 unspecified atom stereocenters. The molecule has 0 aliphatic rings. The van der Waals surface area contributed by atoms with Crippen LogP contribution in [0.2, 0.25) is 0 Å². The molecule has 3 heterocycles. The molecule has 0 saturated heterocycles. The maximum absolute atomic E-state index is 4.66. The topological polar surface area (TPSA) is 56.5 Å². The Hall–Kier alpha value is -1.55. The summed E-state index contributed by atoms with van der Waals surface area (Å²) in [5.41, 5.74) is 2.08. The molecule has 0 bridgehead atoms. The summed E-state index contributed by atoms with van der Waals surface area (Å²) in [5.74, 6) is 0. The Morgan fingerprint density at radius 2 is 1.96 bits per heavy atom. The fourth-order valence-electron chi connectivity index (χ4n) is 1.92. The van der Waals surface area contributed by atoms with Gasteiger partial charge in [0.1, 0.15) is 5.00 Å². The molecular weight excluding hydrogens is 414 g/mol. The van der Waals surface area contributed by atoms with Gasteiger partial charge < -0.3 is 0 Å². The number of nitrogens with zero attached hydrogens (tertiary/aromatic N) is 5. The molecule has 5 nitrogen and oxygen atoms in total. The third-order valence-electron chi connectivity index (χ3n) is 2.94. The minimum absolute atomic E-state index is 0.702. The van der Waals surface area contributed by atoms with Crippen molar-refractivity contribution in [3.63, 3.8) is 0 Å². The Morgan fingerprint density at radius 3 is 2.74 bits per heavy atom. The zero-order valence-corrected chi connectivity index (χ0v) is 15.5.